The molecule has 30 heavy (non-hydrogen) atoms. The van der Waals surface area contributed by atoms with Crippen molar-refractivity contribution in [2.75, 3.05) is 0 Å². The molecule has 4 bridgehead atoms. The van der Waals surface area contributed by atoms with E-state index >= 15 is 0 Å². The molecule has 2 unspecified atom stereocenters. The fourth-order valence-electron chi connectivity index (χ4n) is 6.10. The third kappa shape index (κ3) is 3.37. The fourth-order valence-corrected chi connectivity index (χ4v) is 7.63. The van der Waals surface area contributed by atoms with Crippen LogP contribution in [0.5, 0.6) is 5.75 Å². The topological polar surface area (TPSA) is 120 Å². The highest BCUT2D eigenvalue weighted by molar-refractivity contribution is 7.90. The predicted octanol–water partition coefficient (Wildman–Crippen LogP) is 3.49. The van der Waals surface area contributed by atoms with E-state index in [0.717, 1.165) is 12.8 Å². The second-order valence-corrected chi connectivity index (χ2v) is 11.9. The Bertz CT molecular complexity index is 1000. The number of sulfonamides is 1. The Kier molecular flexibility index (Phi) is 5.08. The average Bonchev–Trinajstić information content (AvgIpc) is 2.64. The van der Waals surface area contributed by atoms with Crippen molar-refractivity contribution in [2.24, 2.45) is 22.9 Å². The minimum absolute atomic E-state index is 0.0192. The summed E-state index contributed by atoms with van der Waals surface area (Å²) >= 11 is 6.21. The number of nitriles is 1. The van der Waals surface area contributed by atoms with Gasteiger partial charge >= 0.3 is 0 Å². The van der Waals surface area contributed by atoms with Crippen molar-refractivity contribution >= 4 is 27.5 Å². The summed E-state index contributed by atoms with van der Waals surface area (Å²) in [6.45, 7) is 3.48. The minimum Gasteiger partial charge on any atom is -0.478 e. The molecule has 4 aliphatic carbocycles. The number of nitrogens with one attached hydrogen (secondary N) is 1. The first-order chi connectivity index (χ1) is 14.0. The Morgan fingerprint density at radius 3 is 2.43 bits per heavy atom. The van der Waals surface area contributed by atoms with Crippen molar-refractivity contribution in [1.29, 1.82) is 10.7 Å². The van der Waals surface area contributed by atoms with Crippen molar-refractivity contribution < 1.29 is 13.2 Å². The van der Waals surface area contributed by atoms with E-state index in [9.17, 15) is 13.7 Å². The maximum atomic E-state index is 12.4. The van der Waals surface area contributed by atoms with Gasteiger partial charge in [0.25, 0.3) is 0 Å². The van der Waals surface area contributed by atoms with Crippen LogP contribution in [0, 0.1) is 34.6 Å². The normalized spacial score (nSPS) is 32.5. The van der Waals surface area contributed by atoms with Gasteiger partial charge in [-0.1, -0.05) is 23.7 Å². The van der Waals surface area contributed by atoms with E-state index in [1.807, 2.05) is 0 Å². The van der Waals surface area contributed by atoms with Crippen LogP contribution < -0.4 is 9.88 Å². The standard InChI is InChI=1S/C21H27ClN4O3S/c1-20(2,29-17-6-4-3-5-16(17)22)19(24)26(12-23)18-14-7-13-8-15(18)11-21(9-13,10-14)30(25,27)28/h3-6,13-15,18,24H,7-11H2,1-2H3,(H2,25,27,28). The van der Waals surface area contributed by atoms with Crippen LogP contribution in [0.3, 0.4) is 0 Å². The molecule has 9 heteroatoms. The maximum Gasteiger partial charge on any atom is 0.214 e. The maximum absolute atomic E-state index is 12.4. The molecular formula is C21H27ClN4O3S. The minimum atomic E-state index is -3.67. The van der Waals surface area contributed by atoms with Crippen molar-refractivity contribution in [2.45, 2.75) is 62.3 Å². The molecular weight excluding hydrogens is 424 g/mol. The zero-order valence-corrected chi connectivity index (χ0v) is 18.7. The largest absolute Gasteiger partial charge is 0.478 e. The van der Waals surface area contributed by atoms with Gasteiger partial charge in [0.2, 0.25) is 10.0 Å². The molecule has 0 radical (unpaired) electrons. The third-order valence-corrected chi connectivity index (χ3v) is 9.21. The van der Waals surface area contributed by atoms with Gasteiger partial charge in [0.1, 0.15) is 5.75 Å². The SMILES string of the molecule is CC(C)(Oc1ccccc1Cl)C(=N)N(C#N)C1C2CC3CC1CC(S(N)(=O)=O)(C3)C2. The number of halogens is 1. The predicted molar refractivity (Wildman–Crippen MR) is 115 cm³/mol. The van der Waals surface area contributed by atoms with Gasteiger partial charge in [-0.2, -0.15) is 5.26 Å². The highest BCUT2D eigenvalue weighted by atomic mass is 35.5. The smallest absolute Gasteiger partial charge is 0.214 e. The Labute approximate surface area is 182 Å². The molecule has 0 saturated heterocycles. The van der Waals surface area contributed by atoms with Gasteiger partial charge < -0.3 is 4.74 Å². The number of amidine groups is 1. The monoisotopic (exact) mass is 450 g/mol. The first kappa shape index (κ1) is 21.4. The van der Waals surface area contributed by atoms with E-state index in [4.69, 9.17) is 26.9 Å². The van der Waals surface area contributed by atoms with Crippen LogP contribution >= 0.6 is 11.6 Å². The molecule has 0 amide bonds. The number of hydrogen-bond donors (Lipinski definition) is 2. The van der Waals surface area contributed by atoms with E-state index in [1.54, 1.807) is 38.1 Å². The Morgan fingerprint density at radius 1 is 1.30 bits per heavy atom. The number of hydrogen-bond acceptors (Lipinski definition) is 5. The number of rotatable bonds is 5. The van der Waals surface area contributed by atoms with E-state index in [2.05, 4.69) is 6.19 Å². The van der Waals surface area contributed by atoms with Gasteiger partial charge in [0.15, 0.2) is 17.6 Å². The van der Waals surface area contributed by atoms with Gasteiger partial charge in [-0.15, -0.1) is 0 Å². The number of benzene rings is 1. The third-order valence-electron chi connectivity index (χ3n) is 7.19. The Morgan fingerprint density at radius 2 is 1.90 bits per heavy atom. The molecule has 0 heterocycles. The molecule has 4 saturated carbocycles. The van der Waals surface area contributed by atoms with Gasteiger partial charge in [0, 0.05) is 0 Å². The first-order valence-electron chi connectivity index (χ1n) is 10.2. The quantitative estimate of drug-likeness (QED) is 0.308. The molecule has 2 atom stereocenters. The molecule has 0 spiro atoms. The van der Waals surface area contributed by atoms with E-state index in [0.29, 0.717) is 36.0 Å². The molecule has 0 aromatic heterocycles. The highest BCUT2D eigenvalue weighted by Crippen LogP contribution is 2.59. The van der Waals surface area contributed by atoms with E-state index in [1.165, 1.54) is 4.90 Å². The van der Waals surface area contributed by atoms with Crippen molar-refractivity contribution in [1.82, 2.24) is 4.90 Å². The van der Waals surface area contributed by atoms with Crippen LogP contribution in [0.15, 0.2) is 24.3 Å². The number of ether oxygens (including phenoxy) is 1. The number of nitrogens with two attached hydrogens (primary N) is 1. The van der Waals surface area contributed by atoms with Crippen molar-refractivity contribution in [3.63, 3.8) is 0 Å². The lowest BCUT2D eigenvalue weighted by Crippen LogP contribution is -2.66. The number of primary sulfonamides is 1. The van der Waals surface area contributed by atoms with Crippen LogP contribution in [0.1, 0.15) is 46.0 Å². The fraction of sp³-hybridized carbons (Fsp3) is 0.619. The van der Waals surface area contributed by atoms with Gasteiger partial charge in [-0.3, -0.25) is 10.3 Å². The van der Waals surface area contributed by atoms with Crippen LogP contribution in [-0.4, -0.2) is 35.5 Å². The van der Waals surface area contributed by atoms with Crippen LogP contribution in [0.4, 0.5) is 0 Å². The molecule has 4 fully saturated rings. The Hall–Kier alpha value is -1.82. The second-order valence-electron chi connectivity index (χ2n) is 9.55. The molecule has 3 N–H and O–H groups in total. The lowest BCUT2D eigenvalue weighted by Gasteiger charge is -2.60. The summed E-state index contributed by atoms with van der Waals surface area (Å²) < 4.78 is 29.9. The summed E-state index contributed by atoms with van der Waals surface area (Å²) in [5, 5.41) is 24.9. The summed E-state index contributed by atoms with van der Waals surface area (Å²) in [5.41, 5.74) is -1.09. The molecule has 1 aromatic rings. The molecule has 0 aliphatic heterocycles. The van der Waals surface area contributed by atoms with Crippen LogP contribution in [0.25, 0.3) is 0 Å². The van der Waals surface area contributed by atoms with Gasteiger partial charge in [0.05, 0.1) is 15.8 Å². The molecule has 4 aliphatic rings. The van der Waals surface area contributed by atoms with Gasteiger partial charge in [-0.25, -0.2) is 13.6 Å². The van der Waals surface area contributed by atoms with Crippen LogP contribution in [0.2, 0.25) is 5.02 Å². The first-order valence-corrected chi connectivity index (χ1v) is 12.1. The van der Waals surface area contributed by atoms with Crippen LogP contribution in [-0.2, 0) is 10.0 Å². The zero-order chi connectivity index (χ0) is 21.9. The number of para-hydroxylation sites is 1. The molecule has 162 valence electrons. The van der Waals surface area contributed by atoms with Gasteiger partial charge in [-0.05, 0) is 75.8 Å². The average molecular weight is 451 g/mol. The number of nitrogens with zero attached hydrogens (tertiary/aromatic N) is 2. The molecule has 5 rings (SSSR count). The summed E-state index contributed by atoms with van der Waals surface area (Å²) in [6, 6.07) is 6.83. The van der Waals surface area contributed by atoms with Crippen molar-refractivity contribution in [3.8, 4) is 11.9 Å². The van der Waals surface area contributed by atoms with E-state index in [-0.39, 0.29) is 23.7 Å². The molecule has 7 nitrogen and oxygen atoms in total. The second kappa shape index (κ2) is 7.11. The zero-order valence-electron chi connectivity index (χ0n) is 17.1. The summed E-state index contributed by atoms with van der Waals surface area (Å²) in [4.78, 5) is 1.45. The Balaban J connectivity index is 1.60. The lowest BCUT2D eigenvalue weighted by atomic mass is 9.53. The lowest BCUT2D eigenvalue weighted by molar-refractivity contribution is -0.0244. The van der Waals surface area contributed by atoms with E-state index < -0.39 is 20.4 Å². The summed E-state index contributed by atoms with van der Waals surface area (Å²) in [7, 11) is -3.67. The summed E-state index contributed by atoms with van der Waals surface area (Å²) in [6.07, 6.45) is 5.48. The highest BCUT2D eigenvalue weighted by Gasteiger charge is 2.61. The summed E-state index contributed by atoms with van der Waals surface area (Å²) in [5.74, 6) is 0.854. The molecule has 1 aromatic carbocycles. The van der Waals surface area contributed by atoms with Crippen molar-refractivity contribution in [3.05, 3.63) is 29.3 Å².